The molecule has 26 heavy (non-hydrogen) atoms. The monoisotopic (exact) mass is 409 g/mol. The molecule has 0 N–H and O–H groups in total. The van der Waals surface area contributed by atoms with Gasteiger partial charge in [-0.15, -0.1) is 11.8 Å². The lowest BCUT2D eigenvalue weighted by Gasteiger charge is -2.29. The molecule has 0 aromatic heterocycles. The van der Waals surface area contributed by atoms with E-state index < -0.39 is 12.0 Å². The summed E-state index contributed by atoms with van der Waals surface area (Å²) in [5.74, 6) is -0.244. The van der Waals surface area contributed by atoms with Crippen molar-refractivity contribution in [2.45, 2.75) is 18.3 Å². The second kappa shape index (κ2) is 8.33. The Morgan fingerprint density at radius 2 is 1.96 bits per heavy atom. The summed E-state index contributed by atoms with van der Waals surface area (Å²) in [6, 6.07) is 13.4. The van der Waals surface area contributed by atoms with Gasteiger partial charge in [0.2, 0.25) is 0 Å². The Morgan fingerprint density at radius 3 is 2.65 bits per heavy atom. The number of benzene rings is 2. The van der Waals surface area contributed by atoms with Gasteiger partial charge in [0, 0.05) is 26.9 Å². The molecule has 0 spiro atoms. The lowest BCUT2D eigenvalue weighted by atomic mass is 10.1. The van der Waals surface area contributed by atoms with Crippen molar-refractivity contribution in [2.75, 3.05) is 12.4 Å². The quantitative estimate of drug-likeness (QED) is 0.679. The van der Waals surface area contributed by atoms with Crippen molar-refractivity contribution in [2.24, 2.45) is 0 Å². The molecule has 2 atom stereocenters. The number of nitrogens with zero attached hydrogens (tertiary/aromatic N) is 1. The normalized spacial score (nSPS) is 19.4. The van der Waals surface area contributed by atoms with Crippen LogP contribution in [-0.2, 0) is 9.53 Å². The zero-order chi connectivity index (χ0) is 18.7. The highest BCUT2D eigenvalue weighted by Gasteiger charge is 2.44. The standard InChI is InChI=1S/C19H17Cl2NO3S/c1-2-25-19(24)16-11-26-18(14-8-3-4-9-15(14)21)22(16)17(23)12-6-5-7-13(20)10-12/h3-10,16,18H,2,11H2,1H3. The summed E-state index contributed by atoms with van der Waals surface area (Å²) in [5, 5.41) is 0.646. The van der Waals surface area contributed by atoms with Gasteiger partial charge in [-0.2, -0.15) is 0 Å². The molecule has 136 valence electrons. The Kier molecular flexibility index (Phi) is 6.12. The van der Waals surface area contributed by atoms with Crippen molar-refractivity contribution < 1.29 is 14.3 Å². The van der Waals surface area contributed by atoms with Gasteiger partial charge in [0.1, 0.15) is 11.4 Å². The smallest absolute Gasteiger partial charge is 0.329 e. The number of carbonyl (C=O) groups excluding carboxylic acids is 2. The van der Waals surface area contributed by atoms with Gasteiger partial charge < -0.3 is 9.64 Å². The molecule has 2 aromatic rings. The third-order valence-corrected chi connectivity index (χ3v) is 5.92. The summed E-state index contributed by atoms with van der Waals surface area (Å²) < 4.78 is 5.18. The molecule has 0 aliphatic carbocycles. The number of halogens is 2. The van der Waals surface area contributed by atoms with Crippen LogP contribution in [-0.4, -0.2) is 35.2 Å². The number of amides is 1. The van der Waals surface area contributed by atoms with E-state index in [0.29, 0.717) is 21.4 Å². The highest BCUT2D eigenvalue weighted by atomic mass is 35.5. The van der Waals surface area contributed by atoms with Crippen LogP contribution in [0.25, 0.3) is 0 Å². The first kappa shape index (κ1) is 19.1. The Bertz CT molecular complexity index is 830. The SMILES string of the molecule is CCOC(=O)C1CSC(c2ccccc2Cl)N1C(=O)c1cccc(Cl)c1. The number of ether oxygens (including phenoxy) is 1. The van der Waals surface area contributed by atoms with E-state index in [1.165, 1.54) is 11.8 Å². The molecule has 2 unspecified atom stereocenters. The van der Waals surface area contributed by atoms with E-state index in [0.717, 1.165) is 5.56 Å². The summed E-state index contributed by atoms with van der Waals surface area (Å²) in [4.78, 5) is 27.2. The molecular formula is C19H17Cl2NO3S. The Balaban J connectivity index is 2.01. The molecule has 2 aromatic carbocycles. The first-order chi connectivity index (χ1) is 12.5. The molecule has 7 heteroatoms. The van der Waals surface area contributed by atoms with E-state index >= 15 is 0 Å². The van der Waals surface area contributed by atoms with Gasteiger partial charge in [0.15, 0.2) is 0 Å². The zero-order valence-corrected chi connectivity index (χ0v) is 16.4. The lowest BCUT2D eigenvalue weighted by Crippen LogP contribution is -2.43. The number of hydrogen-bond donors (Lipinski definition) is 0. The van der Waals surface area contributed by atoms with E-state index in [1.54, 1.807) is 42.2 Å². The molecule has 1 fully saturated rings. The summed E-state index contributed by atoms with van der Waals surface area (Å²) in [6.45, 7) is 2.00. The van der Waals surface area contributed by atoms with Gasteiger partial charge in [-0.3, -0.25) is 4.79 Å². The van der Waals surface area contributed by atoms with Crippen molar-refractivity contribution in [1.82, 2.24) is 4.90 Å². The Hall–Kier alpha value is -1.69. The van der Waals surface area contributed by atoms with Crippen LogP contribution in [0.3, 0.4) is 0 Å². The molecule has 4 nitrogen and oxygen atoms in total. The second-order valence-corrected chi connectivity index (χ2v) is 7.65. The lowest BCUT2D eigenvalue weighted by molar-refractivity contribution is -0.147. The molecule has 3 rings (SSSR count). The summed E-state index contributed by atoms with van der Waals surface area (Å²) >= 11 is 13.9. The van der Waals surface area contributed by atoms with Crippen LogP contribution in [0.4, 0.5) is 0 Å². The summed E-state index contributed by atoms with van der Waals surface area (Å²) in [5.41, 5.74) is 1.22. The molecule has 1 saturated heterocycles. The van der Waals surface area contributed by atoms with Crippen molar-refractivity contribution in [3.8, 4) is 0 Å². The number of hydrogen-bond acceptors (Lipinski definition) is 4. The molecule has 1 aliphatic heterocycles. The molecule has 0 saturated carbocycles. The molecule has 1 amide bonds. The van der Waals surface area contributed by atoms with E-state index in [-0.39, 0.29) is 17.9 Å². The number of esters is 1. The molecule has 0 bridgehead atoms. The molecule has 1 heterocycles. The number of carbonyl (C=O) groups is 2. The highest BCUT2D eigenvalue weighted by Crippen LogP contribution is 2.44. The average molecular weight is 410 g/mol. The van der Waals surface area contributed by atoms with Crippen LogP contribution in [0, 0.1) is 0 Å². The second-order valence-electron chi connectivity index (χ2n) is 5.70. The highest BCUT2D eigenvalue weighted by molar-refractivity contribution is 7.99. The molecule has 1 aliphatic rings. The van der Waals surface area contributed by atoms with Crippen LogP contribution >= 0.6 is 35.0 Å². The minimum absolute atomic E-state index is 0.260. The van der Waals surface area contributed by atoms with Gasteiger partial charge >= 0.3 is 5.97 Å². The van der Waals surface area contributed by atoms with Crippen LogP contribution in [0.5, 0.6) is 0 Å². The average Bonchev–Trinajstić information content (AvgIpc) is 3.06. The minimum atomic E-state index is -0.673. The largest absolute Gasteiger partial charge is 0.464 e. The fourth-order valence-electron chi connectivity index (χ4n) is 2.86. The maximum absolute atomic E-state index is 13.2. The first-order valence-corrected chi connectivity index (χ1v) is 9.94. The minimum Gasteiger partial charge on any atom is -0.464 e. The van der Waals surface area contributed by atoms with Crippen LogP contribution in [0.15, 0.2) is 48.5 Å². The number of rotatable bonds is 4. The molecule has 0 radical (unpaired) electrons. The topological polar surface area (TPSA) is 46.6 Å². The predicted octanol–water partition coefficient (Wildman–Crippen LogP) is 4.81. The third-order valence-electron chi connectivity index (χ3n) is 4.04. The van der Waals surface area contributed by atoms with E-state index in [9.17, 15) is 9.59 Å². The fraction of sp³-hybridized carbons (Fsp3) is 0.263. The van der Waals surface area contributed by atoms with Crippen LogP contribution in [0.2, 0.25) is 10.0 Å². The third kappa shape index (κ3) is 3.85. The van der Waals surface area contributed by atoms with Gasteiger partial charge in [-0.1, -0.05) is 47.5 Å². The van der Waals surface area contributed by atoms with Crippen LogP contribution < -0.4 is 0 Å². The fourth-order valence-corrected chi connectivity index (χ4v) is 4.80. The van der Waals surface area contributed by atoms with Gasteiger partial charge in [-0.25, -0.2) is 4.79 Å². The van der Waals surface area contributed by atoms with Crippen molar-refractivity contribution in [3.05, 3.63) is 69.7 Å². The van der Waals surface area contributed by atoms with Gasteiger partial charge in [-0.05, 0) is 31.2 Å². The maximum Gasteiger partial charge on any atom is 0.329 e. The predicted molar refractivity (Wildman–Crippen MR) is 105 cm³/mol. The summed E-state index contributed by atoms with van der Waals surface area (Å²) in [6.07, 6.45) is 0. The number of thioether (sulfide) groups is 1. The van der Waals surface area contributed by atoms with Crippen molar-refractivity contribution >= 4 is 46.8 Å². The van der Waals surface area contributed by atoms with E-state index in [1.807, 2.05) is 18.2 Å². The summed E-state index contributed by atoms with van der Waals surface area (Å²) in [7, 11) is 0. The maximum atomic E-state index is 13.2. The molecular weight excluding hydrogens is 393 g/mol. The van der Waals surface area contributed by atoms with Crippen LogP contribution in [0.1, 0.15) is 28.2 Å². The van der Waals surface area contributed by atoms with Crippen molar-refractivity contribution in [1.29, 1.82) is 0 Å². The van der Waals surface area contributed by atoms with E-state index in [4.69, 9.17) is 27.9 Å². The van der Waals surface area contributed by atoms with Gasteiger partial charge in [0.25, 0.3) is 5.91 Å². The van der Waals surface area contributed by atoms with Gasteiger partial charge in [0.05, 0.1) is 6.61 Å². The Labute approximate surface area is 166 Å². The van der Waals surface area contributed by atoms with E-state index in [2.05, 4.69) is 0 Å². The first-order valence-electron chi connectivity index (χ1n) is 8.13. The van der Waals surface area contributed by atoms with Crippen molar-refractivity contribution in [3.63, 3.8) is 0 Å². The Morgan fingerprint density at radius 1 is 1.19 bits per heavy atom. The zero-order valence-electron chi connectivity index (χ0n) is 14.0.